The van der Waals surface area contributed by atoms with Gasteiger partial charge in [0.15, 0.2) is 0 Å². The summed E-state index contributed by atoms with van der Waals surface area (Å²) in [6, 6.07) is 5.95. The summed E-state index contributed by atoms with van der Waals surface area (Å²) in [5, 5.41) is 0. The van der Waals surface area contributed by atoms with Crippen LogP contribution in [0.2, 0.25) is 0 Å². The molecule has 1 amide bonds. The normalized spacial score (nSPS) is 17.1. The number of hydrogen-bond acceptors (Lipinski definition) is 5. The van der Waals surface area contributed by atoms with Crippen LogP contribution in [0, 0.1) is 6.92 Å². The van der Waals surface area contributed by atoms with Gasteiger partial charge in [-0.1, -0.05) is 6.07 Å². The number of fused-ring (bicyclic) bond motifs is 1. The molecule has 2 aromatic rings. The van der Waals surface area contributed by atoms with Gasteiger partial charge in [0.1, 0.15) is 0 Å². The first kappa shape index (κ1) is 16.0. The second-order valence-electron chi connectivity index (χ2n) is 6.49. The van der Waals surface area contributed by atoms with Crippen molar-refractivity contribution in [3.63, 3.8) is 0 Å². The zero-order chi connectivity index (χ0) is 17.2. The van der Waals surface area contributed by atoms with Gasteiger partial charge in [-0.25, -0.2) is 0 Å². The van der Waals surface area contributed by atoms with E-state index in [-0.39, 0.29) is 5.91 Å². The number of ether oxygens (including phenoxy) is 1. The fourth-order valence-electron chi connectivity index (χ4n) is 3.53. The summed E-state index contributed by atoms with van der Waals surface area (Å²) >= 11 is 0. The third-order valence-corrected chi connectivity index (χ3v) is 4.94. The lowest BCUT2D eigenvalue weighted by molar-refractivity contribution is 0.0779. The lowest BCUT2D eigenvalue weighted by Crippen LogP contribution is -2.37. The minimum absolute atomic E-state index is 0.0816. The maximum absolute atomic E-state index is 13.0. The van der Waals surface area contributed by atoms with Gasteiger partial charge in [0.05, 0.1) is 36.7 Å². The van der Waals surface area contributed by atoms with Crippen LogP contribution < -0.4 is 4.90 Å². The summed E-state index contributed by atoms with van der Waals surface area (Å²) in [6.45, 7) is 6.34. The summed E-state index contributed by atoms with van der Waals surface area (Å²) in [6.07, 6.45) is 4.38. The molecule has 0 aromatic carbocycles. The Kier molecular flexibility index (Phi) is 4.36. The first-order valence-corrected chi connectivity index (χ1v) is 8.74. The zero-order valence-corrected chi connectivity index (χ0v) is 14.4. The maximum Gasteiger partial charge on any atom is 0.258 e. The van der Waals surface area contributed by atoms with Gasteiger partial charge in [-0.2, -0.15) is 0 Å². The first-order chi connectivity index (χ1) is 12.2. The Bertz CT molecular complexity index is 787. The van der Waals surface area contributed by atoms with Crippen molar-refractivity contribution in [2.75, 3.05) is 37.7 Å². The number of morpholine rings is 1. The van der Waals surface area contributed by atoms with Crippen LogP contribution >= 0.6 is 0 Å². The zero-order valence-electron chi connectivity index (χ0n) is 14.4. The molecule has 130 valence electrons. The van der Waals surface area contributed by atoms with E-state index < -0.39 is 0 Å². The predicted molar refractivity (Wildman–Crippen MR) is 94.7 cm³/mol. The van der Waals surface area contributed by atoms with E-state index in [0.717, 1.165) is 42.1 Å². The Hall–Kier alpha value is -2.47. The molecule has 2 aliphatic heterocycles. The highest BCUT2D eigenvalue weighted by molar-refractivity contribution is 6.03. The quantitative estimate of drug-likeness (QED) is 0.851. The smallest absolute Gasteiger partial charge is 0.258 e. The van der Waals surface area contributed by atoms with Gasteiger partial charge in [-0.3, -0.25) is 14.8 Å². The lowest BCUT2D eigenvalue weighted by Gasteiger charge is -2.30. The van der Waals surface area contributed by atoms with Crippen LogP contribution in [0.4, 0.5) is 5.69 Å². The number of pyridine rings is 2. The van der Waals surface area contributed by atoms with Gasteiger partial charge in [-0.05, 0) is 24.6 Å². The molecule has 0 aliphatic carbocycles. The summed E-state index contributed by atoms with van der Waals surface area (Å²) in [5.74, 6) is 0.0816. The average Bonchev–Trinajstić information content (AvgIpc) is 2.98. The van der Waals surface area contributed by atoms with Crippen LogP contribution in [0.25, 0.3) is 0 Å². The number of aryl methyl sites for hydroxylation is 1. The number of carbonyl (C=O) groups is 1. The van der Waals surface area contributed by atoms with Crippen molar-refractivity contribution in [2.24, 2.45) is 0 Å². The molecule has 0 atom stereocenters. The van der Waals surface area contributed by atoms with Crippen LogP contribution in [-0.2, 0) is 17.7 Å². The molecule has 2 aromatic heterocycles. The number of amides is 1. The van der Waals surface area contributed by atoms with Crippen LogP contribution in [-0.4, -0.2) is 53.6 Å². The van der Waals surface area contributed by atoms with E-state index in [0.29, 0.717) is 26.3 Å². The highest BCUT2D eigenvalue weighted by atomic mass is 16.5. The Balaban J connectivity index is 1.52. The van der Waals surface area contributed by atoms with Gasteiger partial charge in [0, 0.05) is 44.1 Å². The number of aromatic nitrogens is 2. The second-order valence-corrected chi connectivity index (χ2v) is 6.49. The van der Waals surface area contributed by atoms with Gasteiger partial charge in [-0.15, -0.1) is 0 Å². The number of rotatable bonds is 4. The van der Waals surface area contributed by atoms with E-state index in [1.165, 1.54) is 5.56 Å². The summed E-state index contributed by atoms with van der Waals surface area (Å²) in [7, 11) is 0. The topological polar surface area (TPSA) is 58.6 Å². The molecule has 4 rings (SSSR count). The fraction of sp³-hybridized carbons (Fsp3) is 0.421. The molecule has 6 nitrogen and oxygen atoms in total. The first-order valence-electron chi connectivity index (χ1n) is 8.74. The predicted octanol–water partition coefficient (Wildman–Crippen LogP) is 1.82. The number of carbonyl (C=O) groups excluding carboxylic acids is 1. The standard InChI is InChI=1S/C19H22N4O2/c1-14-3-2-6-20-15(14)5-8-23-13-16-18(19(23)24)17(4-7-21-16)22-9-11-25-12-10-22/h2-4,6-7H,5,8-13H2,1H3. The average molecular weight is 338 g/mol. The van der Waals surface area contributed by atoms with Crippen molar-refractivity contribution in [1.82, 2.24) is 14.9 Å². The van der Waals surface area contributed by atoms with Gasteiger partial charge >= 0.3 is 0 Å². The minimum atomic E-state index is 0.0816. The molecule has 0 unspecified atom stereocenters. The molecule has 25 heavy (non-hydrogen) atoms. The Morgan fingerprint density at radius 2 is 2.00 bits per heavy atom. The number of anilines is 1. The molecule has 2 aliphatic rings. The van der Waals surface area contributed by atoms with Crippen LogP contribution in [0.3, 0.4) is 0 Å². The highest BCUT2D eigenvalue weighted by Gasteiger charge is 2.32. The summed E-state index contributed by atoms with van der Waals surface area (Å²) in [5.41, 5.74) is 4.86. The molecule has 6 heteroatoms. The molecule has 0 spiro atoms. The summed E-state index contributed by atoms with van der Waals surface area (Å²) < 4.78 is 5.43. The van der Waals surface area contributed by atoms with Crippen molar-refractivity contribution in [2.45, 2.75) is 19.9 Å². The van der Waals surface area contributed by atoms with E-state index >= 15 is 0 Å². The monoisotopic (exact) mass is 338 g/mol. The molecule has 1 saturated heterocycles. The molecular formula is C19H22N4O2. The molecular weight excluding hydrogens is 316 g/mol. The van der Waals surface area contributed by atoms with E-state index in [2.05, 4.69) is 27.9 Å². The molecule has 4 heterocycles. The second kappa shape index (κ2) is 6.80. The minimum Gasteiger partial charge on any atom is -0.378 e. The molecule has 0 radical (unpaired) electrons. The molecule has 0 N–H and O–H groups in total. The Morgan fingerprint density at radius 3 is 2.80 bits per heavy atom. The number of hydrogen-bond donors (Lipinski definition) is 0. The third kappa shape index (κ3) is 3.09. The molecule has 0 bridgehead atoms. The summed E-state index contributed by atoms with van der Waals surface area (Å²) in [4.78, 5) is 26.0. The van der Waals surface area contributed by atoms with Gasteiger partial charge < -0.3 is 14.5 Å². The van der Waals surface area contributed by atoms with Crippen molar-refractivity contribution in [1.29, 1.82) is 0 Å². The SMILES string of the molecule is Cc1cccnc1CCN1Cc2nccc(N3CCOCC3)c2C1=O. The van der Waals surface area contributed by atoms with Gasteiger partial charge in [0.25, 0.3) is 5.91 Å². The van der Waals surface area contributed by atoms with Crippen LogP contribution in [0.15, 0.2) is 30.6 Å². The van der Waals surface area contributed by atoms with E-state index in [1.54, 1.807) is 6.20 Å². The lowest BCUT2D eigenvalue weighted by atomic mass is 10.1. The van der Waals surface area contributed by atoms with E-state index in [9.17, 15) is 4.79 Å². The van der Waals surface area contributed by atoms with E-state index in [4.69, 9.17) is 4.74 Å². The van der Waals surface area contributed by atoms with Crippen molar-refractivity contribution < 1.29 is 9.53 Å². The van der Waals surface area contributed by atoms with Crippen LogP contribution in [0.1, 0.15) is 27.3 Å². The van der Waals surface area contributed by atoms with Crippen molar-refractivity contribution >= 4 is 11.6 Å². The van der Waals surface area contributed by atoms with Crippen molar-refractivity contribution in [3.05, 3.63) is 53.1 Å². The van der Waals surface area contributed by atoms with E-state index in [1.807, 2.05) is 23.2 Å². The Labute approximate surface area is 147 Å². The number of nitrogens with zero attached hydrogens (tertiary/aromatic N) is 4. The maximum atomic E-state index is 13.0. The highest BCUT2D eigenvalue weighted by Crippen LogP contribution is 2.30. The largest absolute Gasteiger partial charge is 0.378 e. The van der Waals surface area contributed by atoms with Crippen molar-refractivity contribution in [3.8, 4) is 0 Å². The molecule has 1 fully saturated rings. The fourth-order valence-corrected chi connectivity index (χ4v) is 3.53. The third-order valence-electron chi connectivity index (χ3n) is 4.94. The molecule has 0 saturated carbocycles. The Morgan fingerprint density at radius 1 is 1.16 bits per heavy atom. The van der Waals surface area contributed by atoms with Gasteiger partial charge in [0.2, 0.25) is 0 Å². The van der Waals surface area contributed by atoms with Crippen LogP contribution in [0.5, 0.6) is 0 Å².